The van der Waals surface area contributed by atoms with Crippen LogP contribution in [0.1, 0.15) is 17.4 Å². The standard InChI is InChI=1S/C25H28FN5O4/c1-14-12-31(13-16(27)24(14)32)19-9-10-28-11-18(19)30-25(33)17-8-7-15(26)23(29-17)22-20(34-2)5-4-6-21(22)35-3/h4-11,14,16,24,32H,12-13,27H2,1-3H3,(H,30,33)/t14-,16+,24+/m0/s1. The van der Waals surface area contributed by atoms with Crippen molar-refractivity contribution in [2.75, 3.05) is 37.5 Å². The number of carbonyl (C=O) groups excluding carboxylic acids is 1. The van der Waals surface area contributed by atoms with Crippen LogP contribution in [0.5, 0.6) is 11.5 Å². The van der Waals surface area contributed by atoms with E-state index in [0.717, 1.165) is 5.69 Å². The fourth-order valence-electron chi connectivity index (χ4n) is 4.29. The Hall–Kier alpha value is -3.76. The number of halogens is 1. The number of aromatic nitrogens is 2. The van der Waals surface area contributed by atoms with Crippen LogP contribution in [0, 0.1) is 11.7 Å². The van der Waals surface area contributed by atoms with Crippen LogP contribution in [0.15, 0.2) is 48.8 Å². The highest BCUT2D eigenvalue weighted by atomic mass is 19.1. The van der Waals surface area contributed by atoms with E-state index in [-0.39, 0.29) is 17.3 Å². The van der Waals surface area contributed by atoms with E-state index in [1.807, 2.05) is 11.8 Å². The van der Waals surface area contributed by atoms with Gasteiger partial charge in [0.15, 0.2) is 0 Å². The number of aliphatic hydroxyl groups excluding tert-OH is 1. The second kappa shape index (κ2) is 10.2. The number of piperidine rings is 1. The first-order chi connectivity index (χ1) is 16.8. The maximum atomic E-state index is 14.8. The molecule has 0 saturated carbocycles. The molecule has 1 aliphatic rings. The number of nitrogens with one attached hydrogen (secondary N) is 1. The van der Waals surface area contributed by atoms with Crippen molar-refractivity contribution >= 4 is 17.3 Å². The number of methoxy groups -OCH3 is 2. The zero-order valence-corrected chi connectivity index (χ0v) is 19.7. The van der Waals surface area contributed by atoms with E-state index in [2.05, 4.69) is 15.3 Å². The first-order valence-electron chi connectivity index (χ1n) is 11.2. The minimum atomic E-state index is -0.624. The number of pyridine rings is 2. The Balaban J connectivity index is 1.65. The van der Waals surface area contributed by atoms with Gasteiger partial charge in [-0.05, 0) is 30.3 Å². The van der Waals surface area contributed by atoms with E-state index in [9.17, 15) is 14.3 Å². The molecule has 0 radical (unpaired) electrons. The Morgan fingerprint density at radius 1 is 1.17 bits per heavy atom. The van der Waals surface area contributed by atoms with Gasteiger partial charge >= 0.3 is 0 Å². The first kappa shape index (κ1) is 24.4. The highest BCUT2D eigenvalue weighted by Crippen LogP contribution is 2.38. The fraction of sp³-hybridized carbons (Fsp3) is 0.320. The lowest BCUT2D eigenvalue weighted by molar-refractivity contribution is 0.0785. The number of benzene rings is 1. The van der Waals surface area contributed by atoms with Gasteiger partial charge in [-0.3, -0.25) is 9.78 Å². The summed E-state index contributed by atoms with van der Waals surface area (Å²) in [7, 11) is 2.92. The number of anilines is 2. The number of nitrogens with zero attached hydrogens (tertiary/aromatic N) is 3. The van der Waals surface area contributed by atoms with Crippen LogP contribution < -0.4 is 25.4 Å². The number of aliphatic hydroxyl groups is 1. The molecule has 3 heterocycles. The maximum Gasteiger partial charge on any atom is 0.274 e. The molecule has 2 aromatic heterocycles. The zero-order chi connectivity index (χ0) is 25.1. The molecule has 0 bridgehead atoms. The minimum absolute atomic E-state index is 0.00305. The third-order valence-corrected chi connectivity index (χ3v) is 6.09. The van der Waals surface area contributed by atoms with E-state index < -0.39 is 23.9 Å². The quantitative estimate of drug-likeness (QED) is 0.491. The molecule has 1 saturated heterocycles. The van der Waals surface area contributed by atoms with Crippen molar-refractivity contribution in [3.8, 4) is 22.8 Å². The lowest BCUT2D eigenvalue weighted by Gasteiger charge is -2.40. The summed E-state index contributed by atoms with van der Waals surface area (Å²) in [6, 6.07) is 8.88. The Morgan fingerprint density at radius 3 is 2.54 bits per heavy atom. The van der Waals surface area contributed by atoms with Gasteiger partial charge in [-0.25, -0.2) is 9.37 Å². The third kappa shape index (κ3) is 4.89. The highest BCUT2D eigenvalue weighted by molar-refractivity contribution is 6.05. The van der Waals surface area contributed by atoms with Crippen molar-refractivity contribution in [1.82, 2.24) is 9.97 Å². The molecule has 3 atom stereocenters. The van der Waals surface area contributed by atoms with Crippen LogP contribution >= 0.6 is 0 Å². The van der Waals surface area contributed by atoms with Gasteiger partial charge in [-0.1, -0.05) is 13.0 Å². The number of rotatable bonds is 6. The maximum absolute atomic E-state index is 14.8. The summed E-state index contributed by atoms with van der Waals surface area (Å²) >= 11 is 0. The van der Waals surface area contributed by atoms with Gasteiger partial charge in [0.25, 0.3) is 5.91 Å². The van der Waals surface area contributed by atoms with Crippen LogP contribution in [0.4, 0.5) is 15.8 Å². The molecule has 1 aromatic carbocycles. The number of hydrogen-bond acceptors (Lipinski definition) is 8. The molecule has 9 nitrogen and oxygen atoms in total. The van der Waals surface area contributed by atoms with Gasteiger partial charge in [-0.15, -0.1) is 0 Å². The van der Waals surface area contributed by atoms with Crippen molar-refractivity contribution in [3.63, 3.8) is 0 Å². The van der Waals surface area contributed by atoms with E-state index in [1.54, 1.807) is 30.5 Å². The molecule has 35 heavy (non-hydrogen) atoms. The van der Waals surface area contributed by atoms with Crippen LogP contribution in [-0.2, 0) is 0 Å². The molecule has 0 unspecified atom stereocenters. The second-order valence-electron chi connectivity index (χ2n) is 8.45. The molecular formula is C25H28FN5O4. The molecule has 3 aromatic rings. The Morgan fingerprint density at radius 2 is 1.89 bits per heavy atom. The fourth-order valence-corrected chi connectivity index (χ4v) is 4.29. The van der Waals surface area contributed by atoms with Gasteiger partial charge < -0.3 is 30.5 Å². The van der Waals surface area contributed by atoms with Gasteiger partial charge in [-0.2, -0.15) is 0 Å². The number of hydrogen-bond donors (Lipinski definition) is 3. The average Bonchev–Trinajstić information content (AvgIpc) is 2.87. The zero-order valence-electron chi connectivity index (χ0n) is 19.7. The molecule has 184 valence electrons. The average molecular weight is 482 g/mol. The first-order valence-corrected chi connectivity index (χ1v) is 11.2. The predicted octanol–water partition coefficient (Wildman–Crippen LogP) is 2.70. The normalized spacial score (nSPS) is 19.8. The van der Waals surface area contributed by atoms with Crippen LogP contribution in [0.3, 0.4) is 0 Å². The van der Waals surface area contributed by atoms with Crippen molar-refractivity contribution in [2.45, 2.75) is 19.1 Å². The minimum Gasteiger partial charge on any atom is -0.496 e. The summed E-state index contributed by atoms with van der Waals surface area (Å²) in [5.74, 6) is -0.487. The molecule has 0 spiro atoms. The van der Waals surface area contributed by atoms with E-state index >= 15 is 0 Å². The van der Waals surface area contributed by atoms with Crippen LogP contribution in [-0.4, -0.2) is 60.4 Å². The summed E-state index contributed by atoms with van der Waals surface area (Å²) < 4.78 is 25.6. The number of carbonyl (C=O) groups is 1. The van der Waals surface area contributed by atoms with Gasteiger partial charge in [0, 0.05) is 31.2 Å². The van der Waals surface area contributed by atoms with Crippen molar-refractivity contribution in [3.05, 3.63) is 60.3 Å². The number of nitrogens with two attached hydrogens (primary N) is 1. The second-order valence-corrected chi connectivity index (χ2v) is 8.45. The third-order valence-electron chi connectivity index (χ3n) is 6.09. The highest BCUT2D eigenvalue weighted by Gasteiger charge is 2.32. The lowest BCUT2D eigenvalue weighted by Crippen LogP contribution is -2.55. The molecule has 4 rings (SSSR count). The summed E-state index contributed by atoms with van der Waals surface area (Å²) in [6.07, 6.45) is 2.55. The van der Waals surface area contributed by atoms with Crippen LogP contribution in [0.25, 0.3) is 11.3 Å². The predicted molar refractivity (Wildman–Crippen MR) is 130 cm³/mol. The van der Waals surface area contributed by atoms with Crippen LogP contribution in [0.2, 0.25) is 0 Å². The largest absolute Gasteiger partial charge is 0.496 e. The van der Waals surface area contributed by atoms with Crippen molar-refractivity contribution in [1.29, 1.82) is 0 Å². The number of ether oxygens (including phenoxy) is 2. The SMILES string of the molecule is COc1cccc(OC)c1-c1nc(C(=O)Nc2cnccc2N2C[C@@H](N)[C@H](O)[C@@H](C)C2)ccc1F. The van der Waals surface area contributed by atoms with Gasteiger partial charge in [0.2, 0.25) is 0 Å². The molecule has 1 amide bonds. The van der Waals surface area contributed by atoms with E-state index in [4.69, 9.17) is 15.2 Å². The summed E-state index contributed by atoms with van der Waals surface area (Å²) in [5.41, 5.74) is 7.53. The monoisotopic (exact) mass is 481 g/mol. The van der Waals surface area contributed by atoms with E-state index in [0.29, 0.717) is 35.8 Å². The van der Waals surface area contributed by atoms with Gasteiger partial charge in [0.1, 0.15) is 28.7 Å². The molecule has 4 N–H and O–H groups in total. The van der Waals surface area contributed by atoms with E-state index in [1.165, 1.54) is 32.5 Å². The van der Waals surface area contributed by atoms with Crippen molar-refractivity contribution in [2.24, 2.45) is 11.7 Å². The smallest absolute Gasteiger partial charge is 0.274 e. The van der Waals surface area contributed by atoms with Crippen molar-refractivity contribution < 1.29 is 23.8 Å². The Labute approximate surface area is 202 Å². The summed E-state index contributed by atoms with van der Waals surface area (Å²) in [6.45, 7) is 2.91. The lowest BCUT2D eigenvalue weighted by atomic mass is 9.92. The Bertz CT molecular complexity index is 1190. The molecular weight excluding hydrogens is 453 g/mol. The van der Waals surface area contributed by atoms with Gasteiger partial charge in [0.05, 0.1) is 43.5 Å². The molecule has 0 aliphatic carbocycles. The molecule has 1 aliphatic heterocycles. The summed E-state index contributed by atoms with van der Waals surface area (Å²) in [5, 5.41) is 13.0. The molecule has 1 fully saturated rings. The Kier molecular flexibility index (Phi) is 7.13. The number of amides is 1. The molecule has 10 heteroatoms. The topological polar surface area (TPSA) is 123 Å². The summed E-state index contributed by atoms with van der Waals surface area (Å²) in [4.78, 5) is 23.6.